The molecule has 0 atom stereocenters. The molecule has 3 rings (SSSR count). The molecule has 1 heterocycles. The predicted octanol–water partition coefficient (Wildman–Crippen LogP) is 2.35. The van der Waals surface area contributed by atoms with Crippen molar-refractivity contribution in [2.45, 2.75) is 19.2 Å². The minimum absolute atomic E-state index is 0.227. The predicted molar refractivity (Wildman–Crippen MR) is 115 cm³/mol. The van der Waals surface area contributed by atoms with Gasteiger partial charge in [-0.2, -0.15) is 0 Å². The molecule has 0 radical (unpaired) electrons. The maximum Gasteiger partial charge on any atom is 0.235 e. The first-order chi connectivity index (χ1) is 14.4. The summed E-state index contributed by atoms with van der Waals surface area (Å²) >= 11 is 0. The van der Waals surface area contributed by atoms with Crippen LogP contribution in [0.1, 0.15) is 17.0 Å². The third-order valence-corrected chi connectivity index (χ3v) is 5.78. The van der Waals surface area contributed by atoms with E-state index in [4.69, 9.17) is 4.74 Å². The zero-order valence-electron chi connectivity index (χ0n) is 16.8. The fraction of sp³-hybridized carbons (Fsp3) is 0.273. The standard InChI is InChI=1S/C22H25N3O4S/c1-18-6-5-9-20(14-18)29-13-11-24-22(26)17-30(27,28)16-21-23-10-12-25(21)15-19-7-3-2-4-8-19/h2-10,12,14H,11,13,15-17H2,1H3,(H,24,26). The number of hydrogen-bond acceptors (Lipinski definition) is 5. The Balaban J connectivity index is 1.47. The third kappa shape index (κ3) is 6.73. The largest absolute Gasteiger partial charge is 0.492 e. The van der Waals surface area contributed by atoms with Gasteiger partial charge in [0.25, 0.3) is 0 Å². The minimum atomic E-state index is -3.65. The fourth-order valence-corrected chi connectivity index (χ4v) is 4.20. The number of nitrogens with one attached hydrogen (secondary N) is 1. The summed E-state index contributed by atoms with van der Waals surface area (Å²) in [6.07, 6.45) is 3.30. The Bertz CT molecular complexity index is 1080. The molecule has 3 aromatic rings. The lowest BCUT2D eigenvalue weighted by Crippen LogP contribution is -2.34. The van der Waals surface area contributed by atoms with Crippen LogP contribution in [-0.2, 0) is 26.9 Å². The van der Waals surface area contributed by atoms with E-state index in [0.29, 0.717) is 18.1 Å². The average Bonchev–Trinajstić information content (AvgIpc) is 3.11. The van der Waals surface area contributed by atoms with Gasteiger partial charge in [0, 0.05) is 18.9 Å². The number of aromatic nitrogens is 2. The highest BCUT2D eigenvalue weighted by Crippen LogP contribution is 2.12. The van der Waals surface area contributed by atoms with Gasteiger partial charge in [0.1, 0.15) is 29.7 Å². The second-order valence-electron chi connectivity index (χ2n) is 7.00. The van der Waals surface area contributed by atoms with Crippen molar-refractivity contribution >= 4 is 15.7 Å². The van der Waals surface area contributed by atoms with Crippen LogP contribution >= 0.6 is 0 Å². The Morgan fingerprint density at radius 3 is 2.70 bits per heavy atom. The molecule has 8 heteroatoms. The Morgan fingerprint density at radius 2 is 1.93 bits per heavy atom. The number of aryl methyl sites for hydroxylation is 1. The maximum absolute atomic E-state index is 12.5. The molecule has 0 saturated carbocycles. The first kappa shape index (κ1) is 21.6. The number of ether oxygens (including phenoxy) is 1. The molecule has 0 bridgehead atoms. The summed E-state index contributed by atoms with van der Waals surface area (Å²) < 4.78 is 32.2. The molecule has 0 fully saturated rings. The normalized spacial score (nSPS) is 11.2. The van der Waals surface area contributed by atoms with Gasteiger partial charge in [0.2, 0.25) is 5.91 Å². The van der Waals surface area contributed by atoms with Crippen LogP contribution in [0.4, 0.5) is 0 Å². The highest BCUT2D eigenvalue weighted by Gasteiger charge is 2.20. The summed E-state index contributed by atoms with van der Waals surface area (Å²) in [5.41, 5.74) is 2.12. The highest BCUT2D eigenvalue weighted by molar-refractivity contribution is 7.91. The molecule has 1 N–H and O–H groups in total. The summed E-state index contributed by atoms with van der Waals surface area (Å²) in [6, 6.07) is 17.3. The van der Waals surface area contributed by atoms with E-state index in [2.05, 4.69) is 10.3 Å². The van der Waals surface area contributed by atoms with Gasteiger partial charge in [-0.25, -0.2) is 13.4 Å². The smallest absolute Gasteiger partial charge is 0.235 e. The summed E-state index contributed by atoms with van der Waals surface area (Å²) in [7, 11) is -3.65. The monoisotopic (exact) mass is 427 g/mol. The van der Waals surface area contributed by atoms with Gasteiger partial charge in [-0.3, -0.25) is 4.79 Å². The number of hydrogen-bond donors (Lipinski definition) is 1. The van der Waals surface area contributed by atoms with E-state index in [1.165, 1.54) is 0 Å². The van der Waals surface area contributed by atoms with Crippen molar-refractivity contribution in [3.05, 3.63) is 83.9 Å². The van der Waals surface area contributed by atoms with Crippen LogP contribution in [0.25, 0.3) is 0 Å². The van der Waals surface area contributed by atoms with Gasteiger partial charge < -0.3 is 14.6 Å². The number of benzene rings is 2. The minimum Gasteiger partial charge on any atom is -0.492 e. The number of nitrogens with zero attached hydrogens (tertiary/aromatic N) is 2. The van der Waals surface area contributed by atoms with Crippen molar-refractivity contribution in [1.29, 1.82) is 0 Å². The lowest BCUT2D eigenvalue weighted by Gasteiger charge is -2.10. The van der Waals surface area contributed by atoms with E-state index in [1.807, 2.05) is 61.5 Å². The van der Waals surface area contributed by atoms with Gasteiger partial charge in [0.05, 0.1) is 6.54 Å². The first-order valence-electron chi connectivity index (χ1n) is 9.62. The quantitative estimate of drug-likeness (QED) is 0.502. The van der Waals surface area contributed by atoms with Crippen molar-refractivity contribution in [2.75, 3.05) is 18.9 Å². The molecule has 1 amide bonds. The molecular formula is C22H25N3O4S. The zero-order valence-corrected chi connectivity index (χ0v) is 17.6. The van der Waals surface area contributed by atoms with Gasteiger partial charge in [-0.15, -0.1) is 0 Å². The van der Waals surface area contributed by atoms with E-state index in [-0.39, 0.29) is 18.9 Å². The lowest BCUT2D eigenvalue weighted by molar-refractivity contribution is -0.118. The van der Waals surface area contributed by atoms with E-state index in [0.717, 1.165) is 11.1 Å². The Labute approximate surface area is 176 Å². The van der Waals surface area contributed by atoms with Gasteiger partial charge in [0.15, 0.2) is 9.84 Å². The van der Waals surface area contributed by atoms with Crippen LogP contribution in [0, 0.1) is 6.92 Å². The fourth-order valence-electron chi connectivity index (χ4n) is 2.97. The molecule has 0 spiro atoms. The second-order valence-corrected chi connectivity index (χ2v) is 9.07. The highest BCUT2D eigenvalue weighted by atomic mass is 32.2. The van der Waals surface area contributed by atoms with Crippen molar-refractivity contribution in [2.24, 2.45) is 0 Å². The maximum atomic E-state index is 12.5. The van der Waals surface area contributed by atoms with E-state index < -0.39 is 21.5 Å². The summed E-state index contributed by atoms with van der Waals surface area (Å²) in [4.78, 5) is 16.2. The summed E-state index contributed by atoms with van der Waals surface area (Å²) in [5, 5.41) is 2.59. The number of carbonyl (C=O) groups excluding carboxylic acids is 1. The molecule has 30 heavy (non-hydrogen) atoms. The Hall–Kier alpha value is -3.13. The summed E-state index contributed by atoms with van der Waals surface area (Å²) in [6.45, 7) is 2.97. The number of imidazole rings is 1. The second kappa shape index (κ2) is 10.1. The van der Waals surface area contributed by atoms with E-state index in [1.54, 1.807) is 17.0 Å². The van der Waals surface area contributed by atoms with E-state index in [9.17, 15) is 13.2 Å². The molecule has 0 aliphatic heterocycles. The average molecular weight is 428 g/mol. The van der Waals surface area contributed by atoms with E-state index >= 15 is 0 Å². The number of rotatable bonds is 10. The molecular weight excluding hydrogens is 402 g/mol. The van der Waals surface area contributed by atoms with Crippen molar-refractivity contribution in [3.8, 4) is 5.75 Å². The molecule has 0 saturated heterocycles. The molecule has 0 unspecified atom stereocenters. The van der Waals surface area contributed by atoms with Crippen LogP contribution < -0.4 is 10.1 Å². The number of amides is 1. The van der Waals surface area contributed by atoms with Crippen LogP contribution in [0.2, 0.25) is 0 Å². The van der Waals surface area contributed by atoms with Gasteiger partial charge in [-0.05, 0) is 30.2 Å². The van der Waals surface area contributed by atoms with Crippen LogP contribution in [-0.4, -0.2) is 42.8 Å². The Morgan fingerprint density at radius 1 is 1.13 bits per heavy atom. The Kier molecular flexibility index (Phi) is 7.24. The van der Waals surface area contributed by atoms with Crippen LogP contribution in [0.15, 0.2) is 67.0 Å². The summed E-state index contributed by atoms with van der Waals surface area (Å²) in [5.74, 6) is -0.309. The third-order valence-electron chi connectivity index (χ3n) is 4.38. The molecule has 1 aromatic heterocycles. The number of carbonyl (C=O) groups is 1. The topological polar surface area (TPSA) is 90.3 Å². The molecule has 158 valence electrons. The van der Waals surface area contributed by atoms with Gasteiger partial charge in [-0.1, -0.05) is 42.5 Å². The number of sulfone groups is 1. The first-order valence-corrected chi connectivity index (χ1v) is 11.4. The van der Waals surface area contributed by atoms with Crippen LogP contribution in [0.5, 0.6) is 5.75 Å². The van der Waals surface area contributed by atoms with Gasteiger partial charge >= 0.3 is 0 Å². The molecule has 2 aromatic carbocycles. The van der Waals surface area contributed by atoms with Crippen molar-refractivity contribution in [1.82, 2.24) is 14.9 Å². The zero-order chi connectivity index (χ0) is 21.4. The lowest BCUT2D eigenvalue weighted by atomic mass is 10.2. The molecule has 0 aliphatic rings. The van der Waals surface area contributed by atoms with Crippen molar-refractivity contribution in [3.63, 3.8) is 0 Å². The SMILES string of the molecule is Cc1cccc(OCCNC(=O)CS(=O)(=O)Cc2nccn2Cc2ccccc2)c1. The molecule has 7 nitrogen and oxygen atoms in total. The molecule has 0 aliphatic carbocycles. The van der Waals surface area contributed by atoms with Crippen LogP contribution in [0.3, 0.4) is 0 Å². The van der Waals surface area contributed by atoms with Crippen molar-refractivity contribution < 1.29 is 17.9 Å².